The number of halogens is 1. The molecular weight excluding hydrogens is 291 g/mol. The largest absolute Gasteiger partial charge is 0.480 e. The minimum absolute atomic E-state index is 0.263. The van der Waals surface area contributed by atoms with E-state index in [0.717, 1.165) is 11.8 Å². The molecule has 0 radical (unpaired) electrons. The summed E-state index contributed by atoms with van der Waals surface area (Å²) in [6.07, 6.45) is 0. The lowest BCUT2D eigenvalue weighted by Gasteiger charge is -2.11. The number of carbonyl (C=O) groups excluding carboxylic acids is 1. The Morgan fingerprint density at radius 1 is 1.10 bits per heavy atom. The van der Waals surface area contributed by atoms with E-state index in [9.17, 15) is 19.1 Å². The number of carbonyl (C=O) groups is 2. The van der Waals surface area contributed by atoms with Crippen LogP contribution in [-0.4, -0.2) is 16.2 Å². The molecule has 0 aromatic heterocycles. The van der Waals surface area contributed by atoms with Gasteiger partial charge in [0.05, 0.1) is 0 Å². The monoisotopic (exact) mass is 304 g/mol. The van der Waals surface area contributed by atoms with Gasteiger partial charge in [0.1, 0.15) is 11.1 Å². The van der Waals surface area contributed by atoms with Crippen LogP contribution in [0, 0.1) is 5.82 Å². The van der Waals surface area contributed by atoms with Crippen LogP contribution in [-0.2, 0) is 9.59 Å². The third-order valence-corrected chi connectivity index (χ3v) is 3.95. The van der Waals surface area contributed by atoms with Crippen molar-refractivity contribution in [3.05, 3.63) is 59.9 Å². The summed E-state index contributed by atoms with van der Waals surface area (Å²) in [5, 5.41) is 7.96. The molecule has 0 heterocycles. The van der Waals surface area contributed by atoms with Crippen LogP contribution in [0.25, 0.3) is 11.1 Å². The van der Waals surface area contributed by atoms with Gasteiger partial charge in [-0.25, -0.2) is 4.39 Å². The van der Waals surface area contributed by atoms with Crippen LogP contribution >= 0.6 is 11.8 Å². The summed E-state index contributed by atoms with van der Waals surface area (Å²) in [5.41, 5.74) is 1.62. The van der Waals surface area contributed by atoms with Crippen LogP contribution in [0.2, 0.25) is 0 Å². The molecule has 0 fully saturated rings. The Labute approximate surface area is 125 Å². The molecule has 2 aromatic rings. The predicted octanol–water partition coefficient (Wildman–Crippen LogP) is 3.90. The second-order valence-corrected chi connectivity index (χ2v) is 5.71. The number of aliphatic carboxylic acids is 1. The molecule has 0 aliphatic carbocycles. The van der Waals surface area contributed by atoms with Crippen molar-refractivity contribution in [2.75, 3.05) is 0 Å². The third-order valence-electron chi connectivity index (χ3n) is 2.91. The van der Waals surface area contributed by atoms with Crippen LogP contribution in [0.5, 0.6) is 0 Å². The van der Waals surface area contributed by atoms with Crippen molar-refractivity contribution in [2.24, 2.45) is 0 Å². The molecular formula is C16H13FO3S. The fourth-order valence-electron chi connectivity index (χ4n) is 1.96. The number of hydrogen-bond acceptors (Lipinski definition) is 3. The second-order valence-electron chi connectivity index (χ2n) is 4.43. The molecule has 0 aliphatic rings. The molecule has 108 valence electrons. The fourth-order valence-corrected chi connectivity index (χ4v) is 2.69. The molecule has 21 heavy (non-hydrogen) atoms. The molecule has 2 rings (SSSR count). The van der Waals surface area contributed by atoms with Crippen LogP contribution in [0.15, 0.2) is 48.5 Å². The molecule has 0 saturated heterocycles. The summed E-state index contributed by atoms with van der Waals surface area (Å²) >= 11 is 0.753. The van der Waals surface area contributed by atoms with Gasteiger partial charge in [0, 0.05) is 12.5 Å². The maximum atomic E-state index is 13.7. The predicted molar refractivity (Wildman–Crippen MR) is 80.5 cm³/mol. The number of carboxylic acid groups (broad SMARTS) is 1. The SMILES string of the molecule is CC(=O)SC(C(=O)O)c1ccc(-c2ccccc2F)cc1. The Hall–Kier alpha value is -2.14. The molecule has 5 heteroatoms. The van der Waals surface area contributed by atoms with Gasteiger partial charge in [-0.05, 0) is 17.2 Å². The van der Waals surface area contributed by atoms with Crippen LogP contribution in [0.1, 0.15) is 17.7 Å². The van der Waals surface area contributed by atoms with E-state index >= 15 is 0 Å². The summed E-state index contributed by atoms with van der Waals surface area (Å²) in [6, 6.07) is 12.9. The van der Waals surface area contributed by atoms with Crippen molar-refractivity contribution in [1.82, 2.24) is 0 Å². The lowest BCUT2D eigenvalue weighted by atomic mass is 10.0. The van der Waals surface area contributed by atoms with Gasteiger partial charge in [-0.2, -0.15) is 0 Å². The molecule has 3 nitrogen and oxygen atoms in total. The fraction of sp³-hybridized carbons (Fsp3) is 0.125. The molecule has 1 unspecified atom stereocenters. The van der Waals surface area contributed by atoms with Crippen molar-refractivity contribution in [2.45, 2.75) is 12.2 Å². The summed E-state index contributed by atoms with van der Waals surface area (Å²) < 4.78 is 13.7. The summed E-state index contributed by atoms with van der Waals surface area (Å²) in [4.78, 5) is 22.3. The van der Waals surface area contributed by atoms with E-state index in [2.05, 4.69) is 0 Å². The van der Waals surface area contributed by atoms with E-state index in [4.69, 9.17) is 0 Å². The average molecular weight is 304 g/mol. The van der Waals surface area contributed by atoms with E-state index in [0.29, 0.717) is 16.7 Å². The summed E-state index contributed by atoms with van der Waals surface area (Å²) in [5.74, 6) is -1.41. The molecule has 0 saturated carbocycles. The van der Waals surface area contributed by atoms with E-state index < -0.39 is 11.2 Å². The van der Waals surface area contributed by atoms with E-state index in [1.807, 2.05) is 0 Å². The van der Waals surface area contributed by atoms with Crippen molar-refractivity contribution >= 4 is 22.8 Å². The molecule has 1 atom stereocenters. The Balaban J connectivity index is 2.32. The van der Waals surface area contributed by atoms with E-state index in [-0.39, 0.29) is 10.9 Å². The normalized spacial score (nSPS) is 11.9. The topological polar surface area (TPSA) is 54.4 Å². The Kier molecular flexibility index (Phi) is 4.75. The minimum atomic E-state index is -1.08. The van der Waals surface area contributed by atoms with Gasteiger partial charge >= 0.3 is 5.97 Å². The van der Waals surface area contributed by atoms with Gasteiger partial charge < -0.3 is 5.11 Å². The molecule has 0 amide bonds. The lowest BCUT2D eigenvalue weighted by molar-refractivity contribution is -0.136. The Morgan fingerprint density at radius 3 is 2.24 bits per heavy atom. The van der Waals surface area contributed by atoms with Crippen LogP contribution < -0.4 is 0 Å². The maximum absolute atomic E-state index is 13.7. The molecule has 0 spiro atoms. The highest BCUT2D eigenvalue weighted by Crippen LogP contribution is 2.31. The number of thioether (sulfide) groups is 1. The van der Waals surface area contributed by atoms with Gasteiger partial charge in [0.2, 0.25) is 0 Å². The first-order valence-corrected chi connectivity index (χ1v) is 7.12. The molecule has 2 aromatic carbocycles. The highest BCUT2D eigenvalue weighted by molar-refractivity contribution is 8.14. The van der Waals surface area contributed by atoms with Crippen molar-refractivity contribution in [1.29, 1.82) is 0 Å². The third kappa shape index (κ3) is 3.70. The second kappa shape index (κ2) is 6.54. The van der Waals surface area contributed by atoms with Gasteiger partial charge in [0.25, 0.3) is 0 Å². The smallest absolute Gasteiger partial charge is 0.321 e. The maximum Gasteiger partial charge on any atom is 0.321 e. The quantitative estimate of drug-likeness (QED) is 0.931. The van der Waals surface area contributed by atoms with Crippen LogP contribution in [0.4, 0.5) is 4.39 Å². The Morgan fingerprint density at radius 2 is 1.71 bits per heavy atom. The zero-order valence-corrected chi connectivity index (χ0v) is 12.1. The number of rotatable bonds is 4. The van der Waals surface area contributed by atoms with E-state index in [1.54, 1.807) is 42.5 Å². The molecule has 0 bridgehead atoms. The minimum Gasteiger partial charge on any atom is -0.480 e. The number of carboxylic acids is 1. The van der Waals surface area contributed by atoms with Crippen molar-refractivity contribution in [3.8, 4) is 11.1 Å². The zero-order chi connectivity index (χ0) is 15.4. The van der Waals surface area contributed by atoms with Gasteiger partial charge in [0.15, 0.2) is 5.12 Å². The summed E-state index contributed by atoms with van der Waals surface area (Å²) in [6.45, 7) is 1.33. The highest BCUT2D eigenvalue weighted by atomic mass is 32.2. The number of benzene rings is 2. The molecule has 1 N–H and O–H groups in total. The molecule has 0 aliphatic heterocycles. The first-order valence-electron chi connectivity index (χ1n) is 6.24. The highest BCUT2D eigenvalue weighted by Gasteiger charge is 2.22. The number of hydrogen-bond donors (Lipinski definition) is 1. The lowest BCUT2D eigenvalue weighted by Crippen LogP contribution is -2.09. The first kappa shape index (κ1) is 15.3. The van der Waals surface area contributed by atoms with E-state index in [1.165, 1.54) is 13.0 Å². The zero-order valence-electron chi connectivity index (χ0n) is 11.2. The van der Waals surface area contributed by atoms with Gasteiger partial charge in [-0.3, -0.25) is 9.59 Å². The van der Waals surface area contributed by atoms with Crippen molar-refractivity contribution in [3.63, 3.8) is 0 Å². The van der Waals surface area contributed by atoms with Gasteiger partial charge in [-0.1, -0.05) is 54.2 Å². The Bertz CT molecular complexity index is 667. The standard InChI is InChI=1S/C16H13FO3S/c1-10(18)21-15(16(19)20)12-8-6-11(7-9-12)13-4-2-3-5-14(13)17/h2-9,15H,1H3,(H,19,20). The van der Waals surface area contributed by atoms with Crippen molar-refractivity contribution < 1.29 is 19.1 Å². The average Bonchev–Trinajstić information content (AvgIpc) is 2.45. The van der Waals surface area contributed by atoms with Gasteiger partial charge in [-0.15, -0.1) is 0 Å². The first-order chi connectivity index (χ1) is 9.99. The summed E-state index contributed by atoms with van der Waals surface area (Å²) in [7, 11) is 0. The van der Waals surface area contributed by atoms with Crippen LogP contribution in [0.3, 0.4) is 0 Å².